The van der Waals surface area contributed by atoms with Crippen molar-refractivity contribution < 1.29 is 22.5 Å². The number of nitrogens with zero attached hydrogens (tertiary/aromatic N) is 4. The lowest BCUT2D eigenvalue weighted by atomic mass is 9.87. The second kappa shape index (κ2) is 10.9. The Balaban J connectivity index is 1.53. The molecule has 2 heterocycles. The minimum absolute atomic E-state index is 0.0265. The molecular weight excluding hydrogens is 512 g/mol. The molecule has 1 fully saturated rings. The van der Waals surface area contributed by atoms with Crippen LogP contribution in [-0.4, -0.2) is 73.3 Å². The fraction of sp³-hybridized carbons (Fsp3) is 0.423. The largest absolute Gasteiger partial charge is 0.378 e. The predicted molar refractivity (Wildman–Crippen MR) is 142 cm³/mol. The van der Waals surface area contributed by atoms with Gasteiger partial charge < -0.3 is 14.2 Å². The lowest BCUT2D eigenvalue weighted by Gasteiger charge is -2.27. The summed E-state index contributed by atoms with van der Waals surface area (Å²) in [5.74, 6) is 0.363. The van der Waals surface area contributed by atoms with E-state index in [1.807, 2.05) is 30.5 Å². The van der Waals surface area contributed by atoms with Gasteiger partial charge in [-0.3, -0.25) is 4.79 Å². The number of aromatic nitrogens is 2. The second-order valence-electron chi connectivity index (χ2n) is 9.87. The second-order valence-corrected chi connectivity index (χ2v) is 12.8. The van der Waals surface area contributed by atoms with Gasteiger partial charge in [0.25, 0.3) is 5.91 Å². The van der Waals surface area contributed by atoms with Crippen LogP contribution in [0.1, 0.15) is 42.6 Å². The average Bonchev–Trinajstić information content (AvgIpc) is 3.36. The molecule has 11 heteroatoms. The summed E-state index contributed by atoms with van der Waals surface area (Å²) in [6.45, 7) is 8.20. The fourth-order valence-electron chi connectivity index (χ4n) is 3.96. The van der Waals surface area contributed by atoms with E-state index in [2.05, 4.69) is 30.9 Å². The van der Waals surface area contributed by atoms with Gasteiger partial charge in [0.15, 0.2) is 0 Å². The van der Waals surface area contributed by atoms with Crippen LogP contribution in [0.15, 0.2) is 56.8 Å². The monoisotopic (exact) mass is 544 g/mol. The highest BCUT2D eigenvalue weighted by Gasteiger charge is 2.27. The van der Waals surface area contributed by atoms with Gasteiger partial charge >= 0.3 is 0 Å². The van der Waals surface area contributed by atoms with Crippen molar-refractivity contribution in [3.63, 3.8) is 0 Å². The first-order valence-electron chi connectivity index (χ1n) is 12.0. The number of ether oxygens (including phenoxy) is 1. The van der Waals surface area contributed by atoms with E-state index in [9.17, 15) is 13.2 Å². The van der Waals surface area contributed by atoms with E-state index in [1.165, 1.54) is 36.5 Å². The summed E-state index contributed by atoms with van der Waals surface area (Å²) in [7, 11) is -2.48. The molecule has 0 N–H and O–H groups in total. The molecule has 0 bridgehead atoms. The van der Waals surface area contributed by atoms with Gasteiger partial charge in [-0.2, -0.15) is 9.29 Å². The Morgan fingerprint density at radius 2 is 1.78 bits per heavy atom. The van der Waals surface area contributed by atoms with Gasteiger partial charge in [-0.25, -0.2) is 8.42 Å². The summed E-state index contributed by atoms with van der Waals surface area (Å²) in [6, 6.07) is 12.5. The first kappa shape index (κ1) is 27.3. The Kier molecular flexibility index (Phi) is 8.08. The Hall–Kier alpha value is -2.73. The molecule has 3 aromatic rings. The number of hydrogen-bond acceptors (Lipinski definition) is 8. The maximum atomic E-state index is 13.4. The summed E-state index contributed by atoms with van der Waals surface area (Å²) in [5, 5.41) is 4.03. The number of carbonyl (C=O) groups excluding carboxylic acids is 1. The van der Waals surface area contributed by atoms with Gasteiger partial charge in [-0.05, 0) is 35.4 Å². The average molecular weight is 545 g/mol. The van der Waals surface area contributed by atoms with Crippen LogP contribution in [0, 0.1) is 0 Å². The van der Waals surface area contributed by atoms with Crippen LogP contribution in [0.25, 0.3) is 11.4 Å². The number of benzene rings is 2. The quantitative estimate of drug-likeness (QED) is 0.410. The zero-order valence-electron chi connectivity index (χ0n) is 21.7. The Morgan fingerprint density at radius 3 is 2.41 bits per heavy atom. The smallest absolute Gasteiger partial charge is 0.255 e. The number of sulfonamides is 1. The van der Waals surface area contributed by atoms with Crippen molar-refractivity contribution in [3.05, 3.63) is 59.5 Å². The summed E-state index contributed by atoms with van der Waals surface area (Å²) in [6.07, 6.45) is 1.86. The lowest BCUT2D eigenvalue weighted by Crippen LogP contribution is -2.41. The third kappa shape index (κ3) is 6.06. The van der Waals surface area contributed by atoms with Gasteiger partial charge in [0.05, 0.1) is 30.2 Å². The Bertz CT molecular complexity index is 1360. The number of morpholine rings is 1. The number of carbonyl (C=O) groups is 1. The van der Waals surface area contributed by atoms with E-state index >= 15 is 0 Å². The molecule has 0 radical (unpaired) electrons. The van der Waals surface area contributed by atoms with Crippen molar-refractivity contribution in [2.75, 3.05) is 39.6 Å². The highest BCUT2D eigenvalue weighted by molar-refractivity contribution is 7.98. The molecular formula is C26H32N4O5S2. The van der Waals surface area contributed by atoms with E-state index in [0.29, 0.717) is 37.7 Å². The zero-order valence-corrected chi connectivity index (χ0v) is 23.4. The minimum atomic E-state index is -3.93. The number of thioether (sulfide) groups is 1. The predicted octanol–water partition coefficient (Wildman–Crippen LogP) is 4.05. The molecule has 1 aliphatic rings. The van der Waals surface area contributed by atoms with Gasteiger partial charge in [-0.1, -0.05) is 50.2 Å². The Labute approximate surface area is 222 Å². The van der Waals surface area contributed by atoms with Gasteiger partial charge in [0.2, 0.25) is 21.7 Å². The Morgan fingerprint density at radius 1 is 1.11 bits per heavy atom. The van der Waals surface area contributed by atoms with Crippen LogP contribution in [-0.2, 0) is 26.7 Å². The molecule has 198 valence electrons. The third-order valence-electron chi connectivity index (χ3n) is 6.24. The molecule has 2 aromatic carbocycles. The molecule has 0 saturated carbocycles. The van der Waals surface area contributed by atoms with Crippen molar-refractivity contribution in [2.24, 2.45) is 0 Å². The molecule has 0 aliphatic carbocycles. The van der Waals surface area contributed by atoms with Crippen molar-refractivity contribution in [2.45, 2.75) is 42.5 Å². The fourth-order valence-corrected chi connectivity index (χ4v) is 5.68. The molecule has 1 aromatic heterocycles. The molecule has 9 nitrogen and oxygen atoms in total. The summed E-state index contributed by atoms with van der Waals surface area (Å²) >= 11 is 1.40. The standard InChI is InChI=1S/C26H32N4O5S2/c1-26(2,3)19-8-6-18(7-9-19)24-27-23(35-28-24)17-29(4)37(32,33)20-10-11-22(36-5)21(16-20)25(31)30-12-14-34-15-13-30/h6-11,16H,12-15,17H2,1-5H3. The first-order valence-corrected chi connectivity index (χ1v) is 14.6. The number of amides is 1. The minimum Gasteiger partial charge on any atom is -0.378 e. The topological polar surface area (TPSA) is 106 Å². The summed E-state index contributed by atoms with van der Waals surface area (Å²) < 4.78 is 38.6. The van der Waals surface area contributed by atoms with E-state index in [-0.39, 0.29) is 28.7 Å². The van der Waals surface area contributed by atoms with Crippen LogP contribution in [0.3, 0.4) is 0 Å². The highest BCUT2D eigenvalue weighted by atomic mass is 32.2. The van der Waals surface area contributed by atoms with Crippen LogP contribution in [0.5, 0.6) is 0 Å². The molecule has 1 aliphatic heterocycles. The first-order chi connectivity index (χ1) is 17.5. The molecule has 1 saturated heterocycles. The van der Waals surface area contributed by atoms with E-state index < -0.39 is 10.0 Å². The van der Waals surface area contributed by atoms with Gasteiger partial charge in [-0.15, -0.1) is 11.8 Å². The maximum Gasteiger partial charge on any atom is 0.255 e. The van der Waals surface area contributed by atoms with Crippen molar-refractivity contribution >= 4 is 27.7 Å². The van der Waals surface area contributed by atoms with E-state index in [4.69, 9.17) is 9.26 Å². The molecule has 0 unspecified atom stereocenters. The molecule has 1 amide bonds. The highest BCUT2D eigenvalue weighted by Crippen LogP contribution is 2.28. The number of hydrogen-bond donors (Lipinski definition) is 0. The normalized spacial score (nSPS) is 14.8. The van der Waals surface area contributed by atoms with Crippen molar-refractivity contribution in [1.82, 2.24) is 19.3 Å². The molecule has 0 spiro atoms. The summed E-state index contributed by atoms with van der Waals surface area (Å²) in [4.78, 5) is 20.0. The van der Waals surface area contributed by atoms with E-state index in [0.717, 1.165) is 14.8 Å². The van der Waals surface area contributed by atoms with Crippen LogP contribution in [0.2, 0.25) is 0 Å². The number of rotatable bonds is 7. The SMILES string of the molecule is CSc1ccc(S(=O)(=O)N(C)Cc2nc(-c3ccc(C(C)(C)C)cc3)no2)cc1C(=O)N1CCOCC1. The van der Waals surface area contributed by atoms with Crippen LogP contribution in [0.4, 0.5) is 0 Å². The third-order valence-corrected chi connectivity index (χ3v) is 8.84. The molecule has 4 rings (SSSR count). The maximum absolute atomic E-state index is 13.4. The van der Waals surface area contributed by atoms with Crippen LogP contribution < -0.4 is 0 Å². The van der Waals surface area contributed by atoms with Crippen molar-refractivity contribution in [1.29, 1.82) is 0 Å². The summed E-state index contributed by atoms with van der Waals surface area (Å²) in [5.41, 5.74) is 2.36. The van der Waals surface area contributed by atoms with Crippen molar-refractivity contribution in [3.8, 4) is 11.4 Å². The zero-order chi connectivity index (χ0) is 26.8. The van der Waals surface area contributed by atoms with Gasteiger partial charge in [0, 0.05) is 30.6 Å². The van der Waals surface area contributed by atoms with Gasteiger partial charge in [0.1, 0.15) is 0 Å². The van der Waals surface area contributed by atoms with Crippen LogP contribution >= 0.6 is 11.8 Å². The van der Waals surface area contributed by atoms with E-state index in [1.54, 1.807) is 11.0 Å². The molecule has 0 atom stereocenters. The molecule has 37 heavy (non-hydrogen) atoms. The lowest BCUT2D eigenvalue weighted by molar-refractivity contribution is 0.0300.